The molecule has 3 rings (SSSR count). The molecule has 3 aliphatic rings. The van der Waals surface area contributed by atoms with Gasteiger partial charge in [-0.15, -0.1) is 0 Å². The molecule has 3 aliphatic heterocycles. The lowest BCUT2D eigenvalue weighted by molar-refractivity contribution is -0.141. The summed E-state index contributed by atoms with van der Waals surface area (Å²) in [5, 5.41) is 3.55. The van der Waals surface area contributed by atoms with Gasteiger partial charge in [-0.05, 0) is 31.6 Å². The monoisotopic (exact) mass is 252 g/mol. The minimum atomic E-state index is 0.217. The number of methoxy groups -OCH3 is 1. The molecule has 18 heavy (non-hydrogen) atoms. The molecule has 2 bridgehead atoms. The lowest BCUT2D eigenvalue weighted by atomic mass is 9.87. The summed E-state index contributed by atoms with van der Waals surface area (Å²) in [5.74, 6) is 1.16. The van der Waals surface area contributed by atoms with E-state index in [1.165, 1.54) is 12.8 Å². The van der Waals surface area contributed by atoms with Gasteiger partial charge in [0.05, 0.1) is 12.0 Å². The third kappa shape index (κ3) is 2.05. The number of piperidine rings is 1. The standard InChI is InChI=1S/C14H24N2O2/c1-9-5-6-16(8-13(9)18-2)14(17)11-7-10-3-4-12(11)15-10/h9-13,15H,3-8H2,1-2H3. The molecule has 0 spiro atoms. The van der Waals surface area contributed by atoms with E-state index in [4.69, 9.17) is 4.74 Å². The number of carbonyl (C=O) groups excluding carboxylic acids is 1. The molecule has 5 atom stereocenters. The van der Waals surface area contributed by atoms with Gasteiger partial charge in [-0.1, -0.05) is 6.92 Å². The van der Waals surface area contributed by atoms with E-state index in [0.717, 1.165) is 25.9 Å². The van der Waals surface area contributed by atoms with Gasteiger partial charge in [0.25, 0.3) is 0 Å². The van der Waals surface area contributed by atoms with Crippen molar-refractivity contribution in [3.05, 3.63) is 0 Å². The van der Waals surface area contributed by atoms with Crippen molar-refractivity contribution in [1.82, 2.24) is 10.2 Å². The Morgan fingerprint density at radius 2 is 2.17 bits per heavy atom. The predicted octanol–water partition coefficient (Wildman–Crippen LogP) is 1.01. The van der Waals surface area contributed by atoms with Gasteiger partial charge in [-0.25, -0.2) is 0 Å². The first-order valence-electron chi connectivity index (χ1n) is 7.26. The number of fused-ring (bicyclic) bond motifs is 2. The van der Waals surface area contributed by atoms with Crippen LogP contribution in [-0.2, 0) is 9.53 Å². The first-order chi connectivity index (χ1) is 8.69. The fourth-order valence-electron chi connectivity index (χ4n) is 3.87. The number of carbonyl (C=O) groups is 1. The summed E-state index contributed by atoms with van der Waals surface area (Å²) in [6.07, 6.45) is 4.77. The number of amides is 1. The maximum atomic E-state index is 12.6. The second-order valence-electron chi connectivity index (χ2n) is 6.21. The lowest BCUT2D eigenvalue weighted by Crippen LogP contribution is -2.50. The third-order valence-electron chi connectivity index (χ3n) is 5.12. The Morgan fingerprint density at radius 3 is 2.78 bits per heavy atom. The van der Waals surface area contributed by atoms with Gasteiger partial charge in [0.15, 0.2) is 0 Å². The summed E-state index contributed by atoms with van der Waals surface area (Å²) in [7, 11) is 1.76. The molecule has 5 unspecified atom stereocenters. The Morgan fingerprint density at radius 1 is 1.33 bits per heavy atom. The number of hydrogen-bond acceptors (Lipinski definition) is 3. The van der Waals surface area contributed by atoms with Gasteiger partial charge in [-0.3, -0.25) is 4.79 Å². The topological polar surface area (TPSA) is 41.6 Å². The zero-order valence-corrected chi connectivity index (χ0v) is 11.4. The Kier molecular flexibility index (Phi) is 3.32. The quantitative estimate of drug-likeness (QED) is 0.797. The summed E-state index contributed by atoms with van der Waals surface area (Å²) in [6, 6.07) is 1.05. The number of nitrogens with one attached hydrogen (secondary N) is 1. The third-order valence-corrected chi connectivity index (χ3v) is 5.12. The van der Waals surface area contributed by atoms with Crippen molar-refractivity contribution < 1.29 is 9.53 Å². The molecule has 3 fully saturated rings. The van der Waals surface area contributed by atoms with Gasteiger partial charge in [-0.2, -0.15) is 0 Å². The van der Waals surface area contributed by atoms with Crippen LogP contribution in [0.15, 0.2) is 0 Å². The van der Waals surface area contributed by atoms with E-state index in [9.17, 15) is 4.79 Å². The molecule has 0 aliphatic carbocycles. The number of nitrogens with zero attached hydrogens (tertiary/aromatic N) is 1. The van der Waals surface area contributed by atoms with E-state index in [0.29, 0.717) is 23.9 Å². The van der Waals surface area contributed by atoms with Crippen LogP contribution in [0.25, 0.3) is 0 Å². The molecule has 0 saturated carbocycles. The van der Waals surface area contributed by atoms with Crippen LogP contribution in [0.2, 0.25) is 0 Å². The molecule has 102 valence electrons. The second-order valence-corrected chi connectivity index (χ2v) is 6.21. The van der Waals surface area contributed by atoms with E-state index in [2.05, 4.69) is 12.2 Å². The lowest BCUT2D eigenvalue weighted by Gasteiger charge is -2.38. The molecular formula is C14H24N2O2. The molecular weight excluding hydrogens is 228 g/mol. The molecule has 0 aromatic carbocycles. The zero-order valence-electron chi connectivity index (χ0n) is 11.4. The Bertz CT molecular complexity index is 334. The summed E-state index contributed by atoms with van der Waals surface area (Å²) in [4.78, 5) is 14.6. The van der Waals surface area contributed by atoms with E-state index < -0.39 is 0 Å². The molecule has 1 N–H and O–H groups in total. The molecule has 3 heterocycles. The smallest absolute Gasteiger partial charge is 0.227 e. The highest BCUT2D eigenvalue weighted by Gasteiger charge is 2.45. The first kappa shape index (κ1) is 12.4. The highest BCUT2D eigenvalue weighted by atomic mass is 16.5. The van der Waals surface area contributed by atoms with Crippen LogP contribution in [0.3, 0.4) is 0 Å². The van der Waals surface area contributed by atoms with Crippen molar-refractivity contribution in [2.24, 2.45) is 11.8 Å². The van der Waals surface area contributed by atoms with Crippen LogP contribution in [-0.4, -0.2) is 49.2 Å². The highest BCUT2D eigenvalue weighted by Crippen LogP contribution is 2.35. The summed E-state index contributed by atoms with van der Waals surface area (Å²) in [5.41, 5.74) is 0. The van der Waals surface area contributed by atoms with Crippen molar-refractivity contribution >= 4 is 5.91 Å². The average Bonchev–Trinajstić information content (AvgIpc) is 3.00. The Labute approximate surface area is 109 Å². The van der Waals surface area contributed by atoms with E-state index in [1.54, 1.807) is 7.11 Å². The van der Waals surface area contributed by atoms with Crippen molar-refractivity contribution in [1.29, 1.82) is 0 Å². The molecule has 0 aromatic heterocycles. The molecule has 4 heteroatoms. The summed E-state index contributed by atoms with van der Waals surface area (Å²) < 4.78 is 5.50. The minimum Gasteiger partial charge on any atom is -0.379 e. The average molecular weight is 252 g/mol. The first-order valence-corrected chi connectivity index (χ1v) is 7.26. The van der Waals surface area contributed by atoms with Crippen LogP contribution < -0.4 is 5.32 Å². The maximum absolute atomic E-state index is 12.6. The highest BCUT2D eigenvalue weighted by molar-refractivity contribution is 5.80. The largest absolute Gasteiger partial charge is 0.379 e. The van der Waals surface area contributed by atoms with Crippen LogP contribution in [0.4, 0.5) is 0 Å². The Hall–Kier alpha value is -0.610. The van der Waals surface area contributed by atoms with Gasteiger partial charge < -0.3 is 15.0 Å². The normalized spacial score (nSPS) is 43.4. The van der Waals surface area contributed by atoms with Gasteiger partial charge >= 0.3 is 0 Å². The van der Waals surface area contributed by atoms with Crippen LogP contribution in [0, 0.1) is 11.8 Å². The number of rotatable bonds is 2. The van der Waals surface area contributed by atoms with E-state index >= 15 is 0 Å². The number of hydrogen-bond donors (Lipinski definition) is 1. The van der Waals surface area contributed by atoms with Crippen molar-refractivity contribution in [3.63, 3.8) is 0 Å². The van der Waals surface area contributed by atoms with Crippen molar-refractivity contribution in [3.8, 4) is 0 Å². The SMILES string of the molecule is COC1CN(C(=O)C2CC3CCC2N3)CCC1C. The molecule has 1 amide bonds. The predicted molar refractivity (Wildman–Crippen MR) is 69.2 cm³/mol. The number of likely N-dealkylation sites (tertiary alicyclic amines) is 1. The molecule has 0 aromatic rings. The van der Waals surface area contributed by atoms with Crippen molar-refractivity contribution in [2.75, 3.05) is 20.2 Å². The fraction of sp³-hybridized carbons (Fsp3) is 0.929. The zero-order chi connectivity index (χ0) is 12.7. The van der Waals surface area contributed by atoms with Crippen LogP contribution in [0.1, 0.15) is 32.6 Å². The second kappa shape index (κ2) is 4.82. The van der Waals surface area contributed by atoms with Gasteiger partial charge in [0.2, 0.25) is 5.91 Å². The molecule has 3 saturated heterocycles. The fourth-order valence-corrected chi connectivity index (χ4v) is 3.87. The van der Waals surface area contributed by atoms with Crippen LogP contribution >= 0.6 is 0 Å². The minimum absolute atomic E-state index is 0.217. The maximum Gasteiger partial charge on any atom is 0.227 e. The van der Waals surface area contributed by atoms with E-state index in [1.807, 2.05) is 4.90 Å². The summed E-state index contributed by atoms with van der Waals surface area (Å²) in [6.45, 7) is 3.91. The Balaban J connectivity index is 1.63. The molecule has 0 radical (unpaired) electrons. The van der Waals surface area contributed by atoms with E-state index in [-0.39, 0.29) is 12.0 Å². The van der Waals surface area contributed by atoms with Crippen molar-refractivity contribution in [2.45, 2.75) is 50.8 Å². The van der Waals surface area contributed by atoms with Gasteiger partial charge in [0, 0.05) is 32.3 Å². The number of ether oxygens (including phenoxy) is 1. The molecule has 4 nitrogen and oxygen atoms in total. The van der Waals surface area contributed by atoms with Gasteiger partial charge in [0.1, 0.15) is 0 Å². The van der Waals surface area contributed by atoms with Crippen LogP contribution in [0.5, 0.6) is 0 Å². The summed E-state index contributed by atoms with van der Waals surface area (Å²) >= 11 is 0.